The van der Waals surface area contributed by atoms with E-state index in [0.29, 0.717) is 29.6 Å². The van der Waals surface area contributed by atoms with Crippen molar-refractivity contribution in [2.75, 3.05) is 31.3 Å². The van der Waals surface area contributed by atoms with Crippen molar-refractivity contribution in [2.24, 2.45) is 0 Å². The van der Waals surface area contributed by atoms with Crippen LogP contribution in [0.4, 0.5) is 5.82 Å². The molecule has 1 amide bonds. The summed E-state index contributed by atoms with van der Waals surface area (Å²) in [6, 6.07) is 7.25. The van der Waals surface area contributed by atoms with E-state index in [9.17, 15) is 4.79 Å². The van der Waals surface area contributed by atoms with Crippen LogP contribution in [0.2, 0.25) is 0 Å². The summed E-state index contributed by atoms with van der Waals surface area (Å²) < 4.78 is 12.8. The van der Waals surface area contributed by atoms with Gasteiger partial charge in [0.25, 0.3) is 5.91 Å². The summed E-state index contributed by atoms with van der Waals surface area (Å²) in [7, 11) is 1.57. The van der Waals surface area contributed by atoms with Gasteiger partial charge >= 0.3 is 0 Å². The van der Waals surface area contributed by atoms with Crippen LogP contribution in [0.3, 0.4) is 0 Å². The lowest BCUT2D eigenvalue weighted by molar-refractivity contribution is 0.0926. The van der Waals surface area contributed by atoms with Crippen molar-refractivity contribution < 1.29 is 13.9 Å². The monoisotopic (exact) mass is 454 g/mol. The predicted molar refractivity (Wildman–Crippen MR) is 126 cm³/mol. The van der Waals surface area contributed by atoms with Crippen molar-refractivity contribution in [2.45, 2.75) is 32.0 Å². The van der Waals surface area contributed by atoms with Gasteiger partial charge in [-0.25, -0.2) is 14.6 Å². The Hall–Kier alpha value is -3.27. The van der Waals surface area contributed by atoms with E-state index < -0.39 is 0 Å². The number of carbonyl (C=O) groups is 1. The number of hydrogen-bond donors (Lipinski definition) is 2. The normalized spacial score (nSPS) is 11.2. The van der Waals surface area contributed by atoms with Crippen molar-refractivity contribution in [1.29, 1.82) is 0 Å². The number of nitrogens with one attached hydrogen (secondary N) is 2. The Labute approximate surface area is 189 Å². The number of carbonyl (C=O) groups excluding carboxylic acids is 1. The van der Waals surface area contributed by atoms with E-state index in [2.05, 4.69) is 39.5 Å². The van der Waals surface area contributed by atoms with Gasteiger partial charge in [-0.3, -0.25) is 4.79 Å². The molecule has 0 aliphatic carbocycles. The third-order valence-electron chi connectivity index (χ3n) is 4.85. The molecule has 0 fully saturated rings. The summed E-state index contributed by atoms with van der Waals surface area (Å²) in [4.78, 5) is 21.9. The van der Waals surface area contributed by atoms with Gasteiger partial charge in [0.2, 0.25) is 0 Å². The first-order valence-electron chi connectivity index (χ1n) is 10.6. The van der Waals surface area contributed by atoms with Crippen LogP contribution in [0.1, 0.15) is 30.8 Å². The number of aromatic nitrogens is 4. The minimum absolute atomic E-state index is 0.241. The highest BCUT2D eigenvalue weighted by Crippen LogP contribution is 2.28. The smallest absolute Gasteiger partial charge is 0.287 e. The molecule has 168 valence electrons. The highest BCUT2D eigenvalue weighted by Gasteiger charge is 2.16. The average Bonchev–Trinajstić information content (AvgIpc) is 3.42. The van der Waals surface area contributed by atoms with Gasteiger partial charge in [0.05, 0.1) is 25.2 Å². The number of rotatable bonds is 10. The lowest BCUT2D eigenvalue weighted by atomic mass is 10.2. The second kappa shape index (κ2) is 9.90. The molecule has 0 atom stereocenters. The number of anilines is 1. The van der Waals surface area contributed by atoms with Crippen LogP contribution in [0, 0.1) is 0 Å². The molecule has 0 spiro atoms. The number of fused-ring (bicyclic) bond motifs is 2. The molecular weight excluding hydrogens is 428 g/mol. The van der Waals surface area contributed by atoms with Gasteiger partial charge < -0.3 is 19.8 Å². The summed E-state index contributed by atoms with van der Waals surface area (Å²) >= 11 is 1.59. The Balaban J connectivity index is 1.48. The Morgan fingerprint density at radius 1 is 1.25 bits per heavy atom. The molecule has 1 aromatic carbocycles. The lowest BCUT2D eigenvalue weighted by Crippen LogP contribution is -2.27. The molecular formula is C22H26N6O3S. The Bertz CT molecular complexity index is 1240. The maximum absolute atomic E-state index is 12.6. The van der Waals surface area contributed by atoms with Crippen molar-refractivity contribution in [1.82, 2.24) is 25.1 Å². The van der Waals surface area contributed by atoms with Crippen molar-refractivity contribution in [3.05, 3.63) is 36.2 Å². The first-order chi connectivity index (χ1) is 15.6. The Morgan fingerprint density at radius 3 is 2.91 bits per heavy atom. The van der Waals surface area contributed by atoms with E-state index in [0.717, 1.165) is 41.0 Å². The molecule has 9 nitrogen and oxygen atoms in total. The molecule has 4 rings (SSSR count). The van der Waals surface area contributed by atoms with Gasteiger partial charge in [0.15, 0.2) is 27.9 Å². The van der Waals surface area contributed by atoms with E-state index in [4.69, 9.17) is 9.15 Å². The number of methoxy groups -OCH3 is 1. The maximum Gasteiger partial charge on any atom is 0.287 e. The molecule has 3 aromatic heterocycles. The molecule has 0 aliphatic rings. The highest BCUT2D eigenvalue weighted by atomic mass is 32.2. The maximum atomic E-state index is 12.6. The second-order valence-corrected chi connectivity index (χ2v) is 8.30. The van der Waals surface area contributed by atoms with E-state index >= 15 is 0 Å². The number of thioether (sulfide) groups is 1. The fraction of sp³-hybridized carbons (Fsp3) is 0.364. The first-order valence-corrected chi connectivity index (χ1v) is 11.6. The summed E-state index contributed by atoms with van der Waals surface area (Å²) in [6.07, 6.45) is 2.76. The number of furan rings is 1. The van der Waals surface area contributed by atoms with Gasteiger partial charge in [-0.15, -0.1) is 0 Å². The molecule has 0 aliphatic heterocycles. The fourth-order valence-corrected chi connectivity index (χ4v) is 3.91. The van der Waals surface area contributed by atoms with Gasteiger partial charge in [-0.05, 0) is 24.3 Å². The highest BCUT2D eigenvalue weighted by molar-refractivity contribution is 7.99. The van der Waals surface area contributed by atoms with Gasteiger partial charge in [-0.2, -0.15) is 5.10 Å². The first kappa shape index (κ1) is 21.9. The van der Waals surface area contributed by atoms with Gasteiger partial charge in [-0.1, -0.05) is 37.7 Å². The molecule has 32 heavy (non-hydrogen) atoms. The zero-order valence-electron chi connectivity index (χ0n) is 18.3. The quantitative estimate of drug-likeness (QED) is 0.274. The van der Waals surface area contributed by atoms with Crippen molar-refractivity contribution >= 4 is 45.5 Å². The van der Waals surface area contributed by atoms with E-state index in [1.165, 1.54) is 0 Å². The Morgan fingerprint density at radius 2 is 2.12 bits per heavy atom. The topological polar surface area (TPSA) is 107 Å². The lowest BCUT2D eigenvalue weighted by Gasteiger charge is -2.09. The minimum Gasteiger partial charge on any atom is -0.493 e. The van der Waals surface area contributed by atoms with E-state index in [1.807, 2.05) is 12.1 Å². The number of nitrogens with zero attached hydrogens (tertiary/aromatic N) is 4. The molecule has 4 aromatic rings. The zero-order chi connectivity index (χ0) is 22.5. The zero-order valence-corrected chi connectivity index (χ0v) is 19.2. The standard InChI is InChI=1S/C22H26N6O3S/c1-4-9-23-19-15-13-25-28(20(15)27-22(26-19)32-5-2)11-10-24-21(29)17-12-14-7-6-8-16(30-3)18(14)31-17/h6-8,12-13H,4-5,9-11H2,1-3H3,(H,24,29)(H,23,26,27). The molecule has 2 N–H and O–H groups in total. The SMILES string of the molecule is CCCNc1nc(SCC)nc2c1cnn2CCNC(=O)c1cc2cccc(OC)c2o1. The van der Waals surface area contributed by atoms with E-state index in [-0.39, 0.29) is 11.7 Å². The molecule has 0 saturated carbocycles. The van der Waals surface area contributed by atoms with Crippen LogP contribution in [-0.2, 0) is 6.54 Å². The largest absolute Gasteiger partial charge is 0.493 e. The number of para-hydroxylation sites is 1. The third-order valence-corrected chi connectivity index (χ3v) is 5.58. The molecule has 0 radical (unpaired) electrons. The second-order valence-electron chi connectivity index (χ2n) is 7.06. The molecule has 0 unspecified atom stereocenters. The minimum atomic E-state index is -0.290. The molecule has 0 bridgehead atoms. The van der Waals surface area contributed by atoms with Crippen molar-refractivity contribution in [3.8, 4) is 5.75 Å². The van der Waals surface area contributed by atoms with Gasteiger partial charge in [0, 0.05) is 18.5 Å². The fourth-order valence-electron chi connectivity index (χ4n) is 3.34. The Kier molecular flexibility index (Phi) is 6.79. The van der Waals surface area contributed by atoms with Crippen LogP contribution in [-0.4, -0.2) is 51.6 Å². The molecule has 3 heterocycles. The summed E-state index contributed by atoms with van der Waals surface area (Å²) in [6.45, 7) is 5.85. The van der Waals surface area contributed by atoms with E-state index in [1.54, 1.807) is 41.9 Å². The number of ether oxygens (including phenoxy) is 1. The molecule has 10 heteroatoms. The number of amides is 1. The van der Waals surface area contributed by atoms with Gasteiger partial charge in [0.1, 0.15) is 5.82 Å². The van der Waals surface area contributed by atoms with Crippen LogP contribution in [0.25, 0.3) is 22.0 Å². The van der Waals surface area contributed by atoms with Crippen LogP contribution in [0.15, 0.2) is 40.0 Å². The predicted octanol–water partition coefficient (Wildman–Crippen LogP) is 3.95. The van der Waals surface area contributed by atoms with Crippen LogP contribution in [0.5, 0.6) is 5.75 Å². The number of benzene rings is 1. The third kappa shape index (κ3) is 4.50. The average molecular weight is 455 g/mol. The summed E-state index contributed by atoms with van der Waals surface area (Å²) in [5, 5.41) is 13.1. The summed E-state index contributed by atoms with van der Waals surface area (Å²) in [5.41, 5.74) is 1.31. The number of hydrogen-bond acceptors (Lipinski definition) is 8. The van der Waals surface area contributed by atoms with Crippen molar-refractivity contribution in [3.63, 3.8) is 0 Å². The van der Waals surface area contributed by atoms with Crippen LogP contribution < -0.4 is 15.4 Å². The summed E-state index contributed by atoms with van der Waals surface area (Å²) in [5.74, 6) is 2.22. The van der Waals surface area contributed by atoms with Crippen LogP contribution >= 0.6 is 11.8 Å². The molecule has 0 saturated heterocycles.